The van der Waals surface area contributed by atoms with E-state index in [-0.39, 0.29) is 36.6 Å². The average molecular weight is 563 g/mol. The molecular weight excluding hydrogens is 532 g/mol. The molecule has 2 aromatic carbocycles. The Morgan fingerprint density at radius 1 is 1.20 bits per heavy atom. The molecule has 40 heavy (non-hydrogen) atoms. The molecule has 0 bridgehead atoms. The average Bonchev–Trinajstić information content (AvgIpc) is 3.40. The van der Waals surface area contributed by atoms with Gasteiger partial charge in [-0.15, -0.1) is 0 Å². The van der Waals surface area contributed by atoms with Crippen LogP contribution in [0.15, 0.2) is 48.5 Å². The van der Waals surface area contributed by atoms with E-state index in [0.717, 1.165) is 0 Å². The number of rotatable bonds is 7. The van der Waals surface area contributed by atoms with E-state index in [9.17, 15) is 31.9 Å². The zero-order chi connectivity index (χ0) is 29.4. The predicted octanol–water partition coefficient (Wildman–Crippen LogP) is 5.10. The van der Waals surface area contributed by atoms with Crippen LogP contribution in [0.5, 0.6) is 0 Å². The van der Waals surface area contributed by atoms with Crippen molar-refractivity contribution < 1.29 is 36.7 Å². The summed E-state index contributed by atoms with van der Waals surface area (Å²) in [6.07, 6.45) is -8.82. The minimum absolute atomic E-state index is 0.0133. The maximum absolute atomic E-state index is 14.2. The van der Waals surface area contributed by atoms with Gasteiger partial charge in [0, 0.05) is 23.5 Å². The van der Waals surface area contributed by atoms with E-state index >= 15 is 0 Å². The number of amides is 3. The number of ether oxygens (including phenoxy) is 1. The van der Waals surface area contributed by atoms with E-state index in [4.69, 9.17) is 10.1 Å². The fourth-order valence-electron chi connectivity index (χ4n) is 5.40. The van der Waals surface area contributed by atoms with Gasteiger partial charge in [-0.25, -0.2) is 9.18 Å². The van der Waals surface area contributed by atoms with Crippen LogP contribution in [0.1, 0.15) is 50.8 Å². The highest BCUT2D eigenvalue weighted by Crippen LogP contribution is 2.47. The highest BCUT2D eigenvalue weighted by molar-refractivity contribution is 6.08. The van der Waals surface area contributed by atoms with Crippen LogP contribution >= 0.6 is 0 Å². The van der Waals surface area contributed by atoms with Crippen LogP contribution < -0.4 is 10.6 Å². The molecule has 12 heteroatoms. The normalized spacial score (nSPS) is 21.6. The molecule has 0 unspecified atom stereocenters. The molecule has 0 radical (unpaired) electrons. The SMILES string of the molecule is CC(=N)[C@@H]1C[C@@]2(CN1C(=O)[C@H](CC(C)C)NC(=O)O[C@@H](c1ccccc1)C(F)(F)F)C(=O)Nc1ccc(F)cc12. The van der Waals surface area contributed by atoms with Gasteiger partial charge in [0.05, 0.1) is 11.5 Å². The van der Waals surface area contributed by atoms with Gasteiger partial charge >= 0.3 is 12.3 Å². The lowest BCUT2D eigenvalue weighted by molar-refractivity contribution is -0.206. The maximum atomic E-state index is 14.2. The number of carbonyl (C=O) groups is 3. The molecule has 4 atom stereocenters. The molecule has 4 rings (SSSR count). The molecule has 3 N–H and O–H groups in total. The highest BCUT2D eigenvalue weighted by atomic mass is 19.4. The number of anilines is 1. The van der Waals surface area contributed by atoms with Crippen molar-refractivity contribution >= 4 is 29.3 Å². The van der Waals surface area contributed by atoms with Gasteiger partial charge in [0.25, 0.3) is 0 Å². The predicted molar refractivity (Wildman–Crippen MR) is 138 cm³/mol. The number of nitrogens with one attached hydrogen (secondary N) is 3. The minimum atomic E-state index is -4.90. The van der Waals surface area contributed by atoms with Crippen LogP contribution in [0.3, 0.4) is 0 Å². The Morgan fingerprint density at radius 3 is 2.48 bits per heavy atom. The van der Waals surface area contributed by atoms with Crippen LogP contribution in [0.25, 0.3) is 0 Å². The Kier molecular flexibility index (Phi) is 7.91. The summed E-state index contributed by atoms with van der Waals surface area (Å²) < 4.78 is 60.2. The fraction of sp³-hybridized carbons (Fsp3) is 0.429. The number of fused-ring (bicyclic) bond motifs is 2. The molecule has 0 saturated carbocycles. The Balaban J connectivity index is 1.60. The summed E-state index contributed by atoms with van der Waals surface area (Å²) in [6.45, 7) is 4.81. The van der Waals surface area contributed by atoms with E-state index in [1.54, 1.807) is 13.8 Å². The van der Waals surface area contributed by atoms with Gasteiger partial charge in [-0.1, -0.05) is 44.2 Å². The van der Waals surface area contributed by atoms with E-state index < -0.39 is 53.5 Å². The van der Waals surface area contributed by atoms with Crippen molar-refractivity contribution in [2.45, 2.75) is 63.4 Å². The first kappa shape index (κ1) is 29.0. The van der Waals surface area contributed by atoms with Gasteiger partial charge in [0.15, 0.2) is 0 Å². The molecule has 1 fully saturated rings. The first-order chi connectivity index (χ1) is 18.7. The first-order valence-electron chi connectivity index (χ1n) is 12.8. The number of benzene rings is 2. The van der Waals surface area contributed by atoms with E-state index in [1.807, 2.05) is 0 Å². The number of alkyl carbamates (subject to hydrolysis) is 1. The van der Waals surface area contributed by atoms with Gasteiger partial charge in [-0.05, 0) is 49.4 Å². The number of likely N-dealkylation sites (tertiary alicyclic amines) is 1. The summed E-state index contributed by atoms with van der Waals surface area (Å²) >= 11 is 0. The summed E-state index contributed by atoms with van der Waals surface area (Å²) in [4.78, 5) is 41.0. The smallest absolute Gasteiger partial charge is 0.429 e. The summed E-state index contributed by atoms with van der Waals surface area (Å²) in [5.41, 5.74) is -0.771. The van der Waals surface area contributed by atoms with Crippen LogP contribution in [0, 0.1) is 17.1 Å². The lowest BCUT2D eigenvalue weighted by Crippen LogP contribution is -2.52. The standard InChI is InChI=1S/C28H30F4N4O4/c1-15(2)11-21(35-26(39)40-23(28(30,31)32)17-7-5-4-6-8-17)24(37)36-14-27(13-22(36)16(3)33)19-12-18(29)9-10-20(19)34-25(27)38/h4-10,12,15,21-23,33H,11,13-14H2,1-3H3,(H,34,38)(H,35,39)/t21-,22-,23-,27-/m0/s1. The molecule has 214 valence electrons. The van der Waals surface area contributed by atoms with E-state index in [0.29, 0.717) is 11.3 Å². The second kappa shape index (κ2) is 10.9. The van der Waals surface area contributed by atoms with Crippen molar-refractivity contribution in [2.24, 2.45) is 5.92 Å². The third-order valence-corrected chi connectivity index (χ3v) is 7.24. The van der Waals surface area contributed by atoms with Gasteiger partial charge < -0.3 is 25.7 Å². The van der Waals surface area contributed by atoms with Crippen molar-refractivity contribution in [1.82, 2.24) is 10.2 Å². The lowest BCUT2D eigenvalue weighted by atomic mass is 9.79. The third kappa shape index (κ3) is 5.66. The fourth-order valence-corrected chi connectivity index (χ4v) is 5.40. The molecule has 2 aliphatic rings. The van der Waals surface area contributed by atoms with Gasteiger partial charge in [0.2, 0.25) is 17.9 Å². The van der Waals surface area contributed by atoms with Crippen molar-refractivity contribution in [3.8, 4) is 0 Å². The van der Waals surface area contributed by atoms with E-state index in [2.05, 4.69) is 10.6 Å². The zero-order valence-electron chi connectivity index (χ0n) is 22.1. The molecule has 0 aliphatic carbocycles. The van der Waals surface area contributed by atoms with Crippen molar-refractivity contribution in [1.29, 1.82) is 5.41 Å². The van der Waals surface area contributed by atoms with E-state index in [1.165, 1.54) is 60.4 Å². The summed E-state index contributed by atoms with van der Waals surface area (Å²) in [7, 11) is 0. The number of nitrogens with zero attached hydrogens (tertiary/aromatic N) is 1. The Hall–Kier alpha value is -3.96. The summed E-state index contributed by atoms with van der Waals surface area (Å²) in [5.74, 6) is -1.86. The third-order valence-electron chi connectivity index (χ3n) is 7.24. The van der Waals surface area contributed by atoms with Gasteiger partial charge in [-0.2, -0.15) is 13.2 Å². The Bertz CT molecular complexity index is 1320. The van der Waals surface area contributed by atoms with Gasteiger partial charge in [-0.3, -0.25) is 9.59 Å². The molecule has 8 nitrogen and oxygen atoms in total. The van der Waals surface area contributed by atoms with Crippen molar-refractivity contribution in [2.75, 3.05) is 11.9 Å². The van der Waals surface area contributed by atoms with Crippen LogP contribution in [0.2, 0.25) is 0 Å². The number of halogens is 4. The molecule has 0 aromatic heterocycles. The molecule has 2 aliphatic heterocycles. The molecule has 2 aromatic rings. The minimum Gasteiger partial charge on any atom is -0.432 e. The quantitative estimate of drug-likeness (QED) is 0.322. The monoisotopic (exact) mass is 562 g/mol. The number of hydrogen-bond acceptors (Lipinski definition) is 5. The lowest BCUT2D eigenvalue weighted by Gasteiger charge is -2.30. The maximum Gasteiger partial charge on any atom is 0.429 e. The number of carbonyl (C=O) groups excluding carboxylic acids is 3. The molecule has 2 heterocycles. The van der Waals surface area contributed by atoms with Crippen molar-refractivity contribution in [3.63, 3.8) is 0 Å². The number of alkyl halides is 3. The Labute approximate surface area is 228 Å². The van der Waals surface area contributed by atoms with Crippen LogP contribution in [-0.4, -0.2) is 53.3 Å². The first-order valence-corrected chi connectivity index (χ1v) is 12.8. The van der Waals surface area contributed by atoms with Crippen LogP contribution in [0.4, 0.5) is 28.0 Å². The zero-order valence-corrected chi connectivity index (χ0v) is 22.1. The molecular formula is C28H30F4N4O4. The second-order valence-corrected chi connectivity index (χ2v) is 10.7. The topological polar surface area (TPSA) is 112 Å². The second-order valence-electron chi connectivity index (χ2n) is 10.7. The highest BCUT2D eigenvalue weighted by Gasteiger charge is 2.57. The molecule has 1 spiro atoms. The van der Waals surface area contributed by atoms with Crippen molar-refractivity contribution in [3.05, 3.63) is 65.5 Å². The summed E-state index contributed by atoms with van der Waals surface area (Å²) in [6, 6.07) is 8.34. The number of hydrogen-bond donors (Lipinski definition) is 3. The molecule has 3 amide bonds. The summed E-state index contributed by atoms with van der Waals surface area (Å²) in [5, 5.41) is 13.3. The van der Waals surface area contributed by atoms with Crippen LogP contribution in [-0.2, 0) is 19.7 Å². The van der Waals surface area contributed by atoms with Gasteiger partial charge in [0.1, 0.15) is 11.9 Å². The largest absolute Gasteiger partial charge is 0.432 e. The Morgan fingerprint density at radius 2 is 1.88 bits per heavy atom. The molecule has 1 saturated heterocycles.